The van der Waals surface area contributed by atoms with Crippen molar-refractivity contribution in [3.8, 4) is 0 Å². The minimum absolute atomic E-state index is 0.0661. The standard InChI is InChI=1S/C11H15NO4S2/c12-10(11(13)14)6-7-17-8-18(15,16)9-4-2-1-3-5-9/h1-5,10H,6-8,12H2,(H,13,14)/t10-/m0/s1. The van der Waals surface area contributed by atoms with Gasteiger partial charge in [-0.2, -0.15) is 0 Å². The Morgan fingerprint density at radius 2 is 1.94 bits per heavy atom. The molecule has 0 heterocycles. The summed E-state index contributed by atoms with van der Waals surface area (Å²) in [6.45, 7) is 0. The molecule has 0 unspecified atom stereocenters. The molecule has 7 heteroatoms. The molecule has 0 aromatic heterocycles. The lowest BCUT2D eigenvalue weighted by molar-refractivity contribution is -0.138. The number of aliphatic carboxylic acids is 1. The van der Waals surface area contributed by atoms with Gasteiger partial charge in [0.1, 0.15) is 11.1 Å². The highest BCUT2D eigenvalue weighted by Crippen LogP contribution is 2.16. The summed E-state index contributed by atoms with van der Waals surface area (Å²) in [5, 5.41) is 8.50. The number of sulfone groups is 1. The molecule has 3 N–H and O–H groups in total. The van der Waals surface area contributed by atoms with Crippen molar-refractivity contribution < 1.29 is 18.3 Å². The summed E-state index contributed by atoms with van der Waals surface area (Å²) in [7, 11) is -3.30. The molecular weight excluding hydrogens is 274 g/mol. The van der Waals surface area contributed by atoms with E-state index in [4.69, 9.17) is 10.8 Å². The van der Waals surface area contributed by atoms with Crippen molar-refractivity contribution in [2.75, 3.05) is 10.8 Å². The molecule has 0 bridgehead atoms. The highest BCUT2D eigenvalue weighted by Gasteiger charge is 2.15. The highest BCUT2D eigenvalue weighted by molar-refractivity contribution is 8.12. The van der Waals surface area contributed by atoms with E-state index in [2.05, 4.69) is 0 Å². The molecule has 100 valence electrons. The predicted octanol–water partition coefficient (Wildman–Crippen LogP) is 0.953. The van der Waals surface area contributed by atoms with E-state index in [1.54, 1.807) is 30.3 Å². The summed E-state index contributed by atoms with van der Waals surface area (Å²) < 4.78 is 23.7. The lowest BCUT2D eigenvalue weighted by Gasteiger charge is -2.06. The van der Waals surface area contributed by atoms with Gasteiger partial charge in [0.2, 0.25) is 0 Å². The Morgan fingerprint density at radius 3 is 2.50 bits per heavy atom. The average Bonchev–Trinajstić information content (AvgIpc) is 2.35. The average molecular weight is 289 g/mol. The number of benzene rings is 1. The van der Waals surface area contributed by atoms with Gasteiger partial charge in [0.05, 0.1) is 4.90 Å². The van der Waals surface area contributed by atoms with E-state index in [1.807, 2.05) is 0 Å². The first-order valence-electron chi connectivity index (χ1n) is 5.27. The molecule has 1 aromatic carbocycles. The third-order valence-electron chi connectivity index (χ3n) is 2.23. The van der Waals surface area contributed by atoms with Gasteiger partial charge in [-0.15, -0.1) is 11.8 Å². The zero-order valence-electron chi connectivity index (χ0n) is 9.65. The second-order valence-corrected chi connectivity index (χ2v) is 7.15. The maximum absolute atomic E-state index is 11.8. The van der Waals surface area contributed by atoms with Crippen LogP contribution >= 0.6 is 11.8 Å². The van der Waals surface area contributed by atoms with Crippen LogP contribution in [0.15, 0.2) is 35.2 Å². The van der Waals surface area contributed by atoms with Crippen LogP contribution in [0.3, 0.4) is 0 Å². The van der Waals surface area contributed by atoms with Crippen LogP contribution in [0, 0.1) is 0 Å². The zero-order chi connectivity index (χ0) is 13.6. The minimum Gasteiger partial charge on any atom is -0.480 e. The quantitative estimate of drug-likeness (QED) is 0.725. The first-order chi connectivity index (χ1) is 8.43. The van der Waals surface area contributed by atoms with Crippen LogP contribution in [0.25, 0.3) is 0 Å². The molecule has 0 saturated heterocycles. The summed E-state index contributed by atoms with van der Waals surface area (Å²) >= 11 is 1.17. The number of carbonyl (C=O) groups is 1. The highest BCUT2D eigenvalue weighted by atomic mass is 32.3. The molecule has 1 atom stereocenters. The number of rotatable bonds is 7. The van der Waals surface area contributed by atoms with E-state index in [0.29, 0.717) is 5.75 Å². The number of carboxylic acids is 1. The molecule has 0 amide bonds. The van der Waals surface area contributed by atoms with Gasteiger partial charge in [-0.3, -0.25) is 4.79 Å². The van der Waals surface area contributed by atoms with Crippen molar-refractivity contribution in [2.24, 2.45) is 5.73 Å². The topological polar surface area (TPSA) is 97.5 Å². The fraction of sp³-hybridized carbons (Fsp3) is 0.364. The summed E-state index contributed by atoms with van der Waals surface area (Å²) in [6, 6.07) is 7.22. The molecule has 0 radical (unpaired) electrons. The van der Waals surface area contributed by atoms with Crippen molar-refractivity contribution >= 4 is 27.6 Å². The van der Waals surface area contributed by atoms with E-state index in [0.717, 1.165) is 0 Å². The maximum Gasteiger partial charge on any atom is 0.320 e. The Morgan fingerprint density at radius 1 is 1.33 bits per heavy atom. The lowest BCUT2D eigenvalue weighted by Crippen LogP contribution is -2.30. The van der Waals surface area contributed by atoms with Gasteiger partial charge < -0.3 is 10.8 Å². The van der Waals surface area contributed by atoms with Crippen LogP contribution in [0.2, 0.25) is 0 Å². The van der Waals surface area contributed by atoms with Gasteiger partial charge in [-0.25, -0.2) is 8.42 Å². The third kappa shape index (κ3) is 4.67. The van der Waals surface area contributed by atoms with Gasteiger partial charge in [0, 0.05) is 0 Å². The predicted molar refractivity (Wildman–Crippen MR) is 71.2 cm³/mol. The van der Waals surface area contributed by atoms with Crippen molar-refractivity contribution in [1.29, 1.82) is 0 Å². The normalized spacial score (nSPS) is 13.2. The summed E-state index contributed by atoms with van der Waals surface area (Å²) in [5.41, 5.74) is 5.32. The molecule has 0 aliphatic rings. The second kappa shape index (κ2) is 6.77. The molecule has 5 nitrogen and oxygen atoms in total. The zero-order valence-corrected chi connectivity index (χ0v) is 11.3. The molecule has 0 aliphatic heterocycles. The molecule has 18 heavy (non-hydrogen) atoms. The number of hydrogen-bond acceptors (Lipinski definition) is 5. The number of hydrogen-bond donors (Lipinski definition) is 2. The lowest BCUT2D eigenvalue weighted by atomic mass is 10.2. The molecule has 1 aromatic rings. The van der Waals surface area contributed by atoms with Gasteiger partial charge in [-0.05, 0) is 24.3 Å². The molecule has 0 aliphatic carbocycles. The summed E-state index contributed by atoms with van der Waals surface area (Å²) in [6.07, 6.45) is 0.254. The smallest absolute Gasteiger partial charge is 0.320 e. The van der Waals surface area contributed by atoms with E-state index in [1.165, 1.54) is 11.8 Å². The van der Waals surface area contributed by atoms with Crippen LogP contribution in [0.4, 0.5) is 0 Å². The molecular formula is C11H15NO4S2. The van der Waals surface area contributed by atoms with E-state index in [-0.39, 0.29) is 16.4 Å². The van der Waals surface area contributed by atoms with Crippen LogP contribution in [-0.4, -0.2) is 36.4 Å². The maximum atomic E-state index is 11.8. The molecule has 0 spiro atoms. The number of carboxylic acid groups (broad SMARTS) is 1. The number of thioether (sulfide) groups is 1. The van der Waals surface area contributed by atoms with E-state index in [9.17, 15) is 13.2 Å². The Labute approximate surface area is 110 Å². The molecule has 0 fully saturated rings. The fourth-order valence-electron chi connectivity index (χ4n) is 1.20. The van der Waals surface area contributed by atoms with Gasteiger partial charge >= 0.3 is 5.97 Å². The Bertz CT molecular complexity index is 487. The first-order valence-corrected chi connectivity index (χ1v) is 8.08. The van der Waals surface area contributed by atoms with Crippen molar-refractivity contribution in [3.63, 3.8) is 0 Å². The van der Waals surface area contributed by atoms with Gasteiger partial charge in [0.25, 0.3) is 0 Å². The van der Waals surface area contributed by atoms with Crippen LogP contribution in [0.1, 0.15) is 6.42 Å². The number of nitrogens with two attached hydrogens (primary N) is 1. The second-order valence-electron chi connectivity index (χ2n) is 3.69. The summed E-state index contributed by atoms with van der Waals surface area (Å²) in [4.78, 5) is 10.7. The van der Waals surface area contributed by atoms with Gasteiger partial charge in [0.15, 0.2) is 9.84 Å². The Hall–Kier alpha value is -1.05. The van der Waals surface area contributed by atoms with Crippen LogP contribution < -0.4 is 5.73 Å². The minimum atomic E-state index is -3.30. The molecule has 1 rings (SSSR count). The van der Waals surface area contributed by atoms with E-state index >= 15 is 0 Å². The van der Waals surface area contributed by atoms with Crippen molar-refractivity contribution in [1.82, 2.24) is 0 Å². The largest absolute Gasteiger partial charge is 0.480 e. The SMILES string of the molecule is N[C@@H](CCSCS(=O)(=O)c1ccccc1)C(=O)O. The van der Waals surface area contributed by atoms with Gasteiger partial charge in [-0.1, -0.05) is 18.2 Å². The fourth-order valence-corrected chi connectivity index (χ4v) is 4.08. The Balaban J connectivity index is 2.42. The van der Waals surface area contributed by atoms with Crippen LogP contribution in [0.5, 0.6) is 0 Å². The van der Waals surface area contributed by atoms with Crippen LogP contribution in [-0.2, 0) is 14.6 Å². The van der Waals surface area contributed by atoms with E-state index < -0.39 is 21.8 Å². The van der Waals surface area contributed by atoms with Crippen molar-refractivity contribution in [2.45, 2.75) is 17.4 Å². The third-order valence-corrected chi connectivity index (χ3v) is 5.65. The first kappa shape index (κ1) is 15.0. The molecule has 0 saturated carbocycles. The summed E-state index contributed by atoms with van der Waals surface area (Å²) in [5.74, 6) is -0.666. The Kier molecular flexibility index (Phi) is 5.64. The van der Waals surface area contributed by atoms with Crippen molar-refractivity contribution in [3.05, 3.63) is 30.3 Å². The monoisotopic (exact) mass is 289 g/mol.